The van der Waals surface area contributed by atoms with E-state index in [1.54, 1.807) is 18.2 Å². The molecule has 2 N–H and O–H groups in total. The van der Waals surface area contributed by atoms with E-state index in [2.05, 4.69) is 12.1 Å². The van der Waals surface area contributed by atoms with Gasteiger partial charge in [0, 0.05) is 22.7 Å². The van der Waals surface area contributed by atoms with Crippen molar-refractivity contribution in [1.82, 2.24) is 0 Å². The molecule has 0 heterocycles. The molecule has 0 saturated heterocycles. The van der Waals surface area contributed by atoms with E-state index in [4.69, 9.17) is 17.3 Å². The Balaban J connectivity index is 1.77. The number of nitrogen functional groups attached to an aromatic ring is 1. The first-order chi connectivity index (χ1) is 9.13. The highest BCUT2D eigenvalue weighted by atomic mass is 35.5. The second kappa shape index (κ2) is 4.71. The maximum absolute atomic E-state index is 12.2. The van der Waals surface area contributed by atoms with Crippen LogP contribution in [0.25, 0.3) is 0 Å². The Morgan fingerprint density at radius 3 is 2.79 bits per heavy atom. The number of anilines is 1. The van der Waals surface area contributed by atoms with Crippen LogP contribution in [0.1, 0.15) is 33.8 Å². The first-order valence-electron chi connectivity index (χ1n) is 6.30. The molecule has 19 heavy (non-hydrogen) atoms. The Hall–Kier alpha value is -1.80. The molecule has 1 aliphatic carbocycles. The molecule has 0 spiro atoms. The minimum absolute atomic E-state index is 0.105. The second-order valence-corrected chi connectivity index (χ2v) is 5.44. The summed E-state index contributed by atoms with van der Waals surface area (Å²) in [6, 6.07) is 13.3. The van der Waals surface area contributed by atoms with Gasteiger partial charge in [-0.1, -0.05) is 35.9 Å². The summed E-state index contributed by atoms with van der Waals surface area (Å²) in [6.07, 6.45) is 1.51. The van der Waals surface area contributed by atoms with Gasteiger partial charge in [-0.25, -0.2) is 0 Å². The summed E-state index contributed by atoms with van der Waals surface area (Å²) in [7, 11) is 0. The van der Waals surface area contributed by atoms with E-state index in [1.807, 2.05) is 12.1 Å². The summed E-state index contributed by atoms with van der Waals surface area (Å²) in [4.78, 5) is 12.2. The number of ketones is 1. The lowest BCUT2D eigenvalue weighted by Crippen LogP contribution is -2.20. The van der Waals surface area contributed by atoms with Gasteiger partial charge in [0.25, 0.3) is 0 Å². The fraction of sp³-hybridized carbons (Fsp3) is 0.188. The number of nitrogens with two attached hydrogens (primary N) is 1. The number of rotatable bonds is 3. The van der Waals surface area contributed by atoms with Crippen LogP contribution in [0.2, 0.25) is 5.02 Å². The first-order valence-corrected chi connectivity index (χ1v) is 6.68. The Morgan fingerprint density at radius 1 is 1.26 bits per heavy atom. The molecular formula is C16H14ClNO. The van der Waals surface area contributed by atoms with Crippen molar-refractivity contribution in [3.8, 4) is 0 Å². The molecule has 1 atom stereocenters. The van der Waals surface area contributed by atoms with E-state index >= 15 is 0 Å². The van der Waals surface area contributed by atoms with E-state index in [0.29, 0.717) is 28.6 Å². The summed E-state index contributed by atoms with van der Waals surface area (Å²) in [5, 5.41) is 0.511. The lowest BCUT2D eigenvalue weighted by molar-refractivity contribution is 0.0970. The number of carbonyl (C=O) groups is 1. The van der Waals surface area contributed by atoms with Crippen LogP contribution in [-0.4, -0.2) is 5.78 Å². The SMILES string of the molecule is Nc1cc(Cl)cc(C(=O)CC2Cc3ccccc32)c1. The van der Waals surface area contributed by atoms with Crippen molar-refractivity contribution in [2.75, 3.05) is 5.73 Å². The van der Waals surface area contributed by atoms with Gasteiger partial charge in [-0.2, -0.15) is 0 Å². The van der Waals surface area contributed by atoms with Gasteiger partial charge in [-0.3, -0.25) is 4.79 Å². The third kappa shape index (κ3) is 2.36. The number of carbonyl (C=O) groups excluding carboxylic acids is 1. The summed E-state index contributed by atoms with van der Waals surface area (Å²) < 4.78 is 0. The zero-order valence-electron chi connectivity index (χ0n) is 10.4. The molecule has 2 aromatic rings. The topological polar surface area (TPSA) is 43.1 Å². The van der Waals surface area contributed by atoms with Gasteiger partial charge in [0.2, 0.25) is 0 Å². The van der Waals surface area contributed by atoms with E-state index in [1.165, 1.54) is 11.1 Å². The van der Waals surface area contributed by atoms with Crippen LogP contribution in [0.3, 0.4) is 0 Å². The predicted octanol–water partition coefficient (Wildman–Crippen LogP) is 3.83. The third-order valence-electron chi connectivity index (χ3n) is 3.64. The largest absolute Gasteiger partial charge is 0.399 e. The van der Waals surface area contributed by atoms with Gasteiger partial charge < -0.3 is 5.73 Å². The average molecular weight is 272 g/mol. The fourth-order valence-corrected chi connectivity index (χ4v) is 2.90. The molecule has 0 bridgehead atoms. The van der Waals surface area contributed by atoms with Gasteiger partial charge in [-0.15, -0.1) is 0 Å². The molecule has 2 aromatic carbocycles. The molecule has 2 nitrogen and oxygen atoms in total. The second-order valence-electron chi connectivity index (χ2n) is 5.00. The van der Waals surface area contributed by atoms with E-state index < -0.39 is 0 Å². The quantitative estimate of drug-likeness (QED) is 0.681. The molecule has 0 radical (unpaired) electrons. The van der Waals surface area contributed by atoms with Gasteiger partial charge in [0.15, 0.2) is 5.78 Å². The molecule has 1 aliphatic rings. The van der Waals surface area contributed by atoms with Gasteiger partial charge >= 0.3 is 0 Å². The monoisotopic (exact) mass is 271 g/mol. The maximum atomic E-state index is 12.2. The highest BCUT2D eigenvalue weighted by Crippen LogP contribution is 2.38. The zero-order valence-corrected chi connectivity index (χ0v) is 11.2. The predicted molar refractivity (Wildman–Crippen MR) is 77.7 cm³/mol. The molecule has 1 unspecified atom stereocenters. The van der Waals surface area contributed by atoms with Gasteiger partial charge in [0.05, 0.1) is 0 Å². The van der Waals surface area contributed by atoms with Crippen LogP contribution in [0, 0.1) is 0 Å². The van der Waals surface area contributed by atoms with Crippen LogP contribution in [0.4, 0.5) is 5.69 Å². The molecule has 0 saturated carbocycles. The van der Waals surface area contributed by atoms with Crippen molar-refractivity contribution < 1.29 is 4.79 Å². The van der Waals surface area contributed by atoms with Crippen molar-refractivity contribution in [3.05, 3.63) is 64.2 Å². The molecular weight excluding hydrogens is 258 g/mol. The first kappa shape index (κ1) is 12.2. The Bertz CT molecular complexity index is 631. The minimum Gasteiger partial charge on any atom is -0.399 e. The number of fused-ring (bicyclic) bond motifs is 1. The average Bonchev–Trinajstić information content (AvgIpc) is 2.34. The van der Waals surface area contributed by atoms with Gasteiger partial charge in [-0.05, 0) is 41.7 Å². The highest BCUT2D eigenvalue weighted by molar-refractivity contribution is 6.31. The molecule has 3 rings (SSSR count). The molecule has 96 valence electrons. The van der Waals surface area contributed by atoms with Crippen LogP contribution in [-0.2, 0) is 6.42 Å². The normalized spacial score (nSPS) is 16.6. The third-order valence-corrected chi connectivity index (χ3v) is 3.85. The van der Waals surface area contributed by atoms with Gasteiger partial charge in [0.1, 0.15) is 0 Å². The van der Waals surface area contributed by atoms with E-state index in [0.717, 1.165) is 6.42 Å². The molecule has 0 aliphatic heterocycles. The van der Waals surface area contributed by atoms with Crippen molar-refractivity contribution in [3.63, 3.8) is 0 Å². The zero-order chi connectivity index (χ0) is 13.4. The molecule has 0 aromatic heterocycles. The summed E-state index contributed by atoms with van der Waals surface area (Å²) in [6.45, 7) is 0. The number of hydrogen-bond donors (Lipinski definition) is 1. The molecule has 0 fully saturated rings. The Labute approximate surface area is 117 Å². The minimum atomic E-state index is 0.105. The maximum Gasteiger partial charge on any atom is 0.163 e. The summed E-state index contributed by atoms with van der Waals surface area (Å²) in [5.41, 5.74) is 9.50. The lowest BCUT2D eigenvalue weighted by Gasteiger charge is -2.29. The van der Waals surface area contributed by atoms with Crippen LogP contribution in [0.15, 0.2) is 42.5 Å². The van der Waals surface area contributed by atoms with Crippen LogP contribution >= 0.6 is 11.6 Å². The fourth-order valence-electron chi connectivity index (χ4n) is 2.66. The van der Waals surface area contributed by atoms with Crippen LogP contribution in [0.5, 0.6) is 0 Å². The number of Topliss-reactive ketones (excluding diaryl/α,β-unsaturated/α-hetero) is 1. The summed E-state index contributed by atoms with van der Waals surface area (Å²) in [5.74, 6) is 0.442. The standard InChI is InChI=1S/C16H14ClNO/c17-13-6-12(7-14(18)9-13)16(19)8-11-5-10-3-1-2-4-15(10)11/h1-4,6-7,9,11H,5,8,18H2. The van der Waals surface area contributed by atoms with E-state index in [9.17, 15) is 4.79 Å². The number of benzene rings is 2. The van der Waals surface area contributed by atoms with Crippen molar-refractivity contribution in [1.29, 1.82) is 0 Å². The van der Waals surface area contributed by atoms with Crippen molar-refractivity contribution in [2.45, 2.75) is 18.8 Å². The highest BCUT2D eigenvalue weighted by Gasteiger charge is 2.27. The molecule has 0 amide bonds. The smallest absolute Gasteiger partial charge is 0.163 e. The Kier molecular flexibility index (Phi) is 3.03. The molecule has 3 heteroatoms. The van der Waals surface area contributed by atoms with Crippen molar-refractivity contribution >= 4 is 23.1 Å². The van der Waals surface area contributed by atoms with Crippen LogP contribution < -0.4 is 5.73 Å². The number of halogens is 1. The van der Waals surface area contributed by atoms with Crippen molar-refractivity contribution in [2.24, 2.45) is 0 Å². The summed E-state index contributed by atoms with van der Waals surface area (Å²) >= 11 is 5.93. The lowest BCUT2D eigenvalue weighted by atomic mass is 9.74. The number of hydrogen-bond acceptors (Lipinski definition) is 2. The van der Waals surface area contributed by atoms with E-state index in [-0.39, 0.29) is 5.78 Å². The Morgan fingerprint density at radius 2 is 2.05 bits per heavy atom.